The van der Waals surface area contributed by atoms with Gasteiger partial charge >= 0.3 is 0 Å². The maximum Gasteiger partial charge on any atom is 0.0829 e. The van der Waals surface area contributed by atoms with Crippen LogP contribution < -0.4 is 0 Å². The molecule has 0 aliphatic heterocycles. The number of hydrogen-bond donors (Lipinski definition) is 2. The first kappa shape index (κ1) is 10.9. The van der Waals surface area contributed by atoms with Crippen LogP contribution in [0.1, 0.15) is 24.5 Å². The van der Waals surface area contributed by atoms with Crippen molar-refractivity contribution in [1.82, 2.24) is 4.98 Å². The van der Waals surface area contributed by atoms with Crippen molar-refractivity contribution in [2.45, 2.75) is 25.0 Å². The molecule has 3 nitrogen and oxygen atoms in total. The molecule has 0 saturated carbocycles. The SMILES string of the molecule is C=CCC(O)CC(O)c1cccnc1. The Bertz CT molecular complexity index is 274. The Morgan fingerprint density at radius 3 is 2.86 bits per heavy atom. The van der Waals surface area contributed by atoms with Gasteiger partial charge in [0.2, 0.25) is 0 Å². The van der Waals surface area contributed by atoms with Crippen LogP contribution in [0.5, 0.6) is 0 Å². The van der Waals surface area contributed by atoms with E-state index in [-0.39, 0.29) is 0 Å². The van der Waals surface area contributed by atoms with Gasteiger partial charge in [-0.3, -0.25) is 4.98 Å². The maximum absolute atomic E-state index is 9.68. The van der Waals surface area contributed by atoms with Gasteiger partial charge in [-0.15, -0.1) is 6.58 Å². The van der Waals surface area contributed by atoms with Crippen LogP contribution in [0, 0.1) is 0 Å². The summed E-state index contributed by atoms with van der Waals surface area (Å²) in [6, 6.07) is 3.55. The third-order valence-corrected chi connectivity index (χ3v) is 2.00. The van der Waals surface area contributed by atoms with Crippen LogP contribution >= 0.6 is 0 Å². The molecule has 1 aromatic rings. The highest BCUT2D eigenvalue weighted by Crippen LogP contribution is 2.18. The molecule has 0 fully saturated rings. The monoisotopic (exact) mass is 193 g/mol. The summed E-state index contributed by atoms with van der Waals surface area (Å²) in [5.74, 6) is 0. The van der Waals surface area contributed by atoms with Crippen molar-refractivity contribution >= 4 is 0 Å². The lowest BCUT2D eigenvalue weighted by Gasteiger charge is -2.13. The molecule has 0 bridgehead atoms. The van der Waals surface area contributed by atoms with E-state index >= 15 is 0 Å². The van der Waals surface area contributed by atoms with E-state index in [1.165, 1.54) is 0 Å². The van der Waals surface area contributed by atoms with Crippen LogP contribution in [0.2, 0.25) is 0 Å². The van der Waals surface area contributed by atoms with E-state index in [4.69, 9.17) is 0 Å². The smallest absolute Gasteiger partial charge is 0.0829 e. The van der Waals surface area contributed by atoms with Crippen molar-refractivity contribution in [3.05, 3.63) is 42.7 Å². The standard InChI is InChI=1S/C11H15NO2/c1-2-4-10(13)7-11(14)9-5-3-6-12-8-9/h2-3,5-6,8,10-11,13-14H,1,4,7H2. The Morgan fingerprint density at radius 1 is 1.50 bits per heavy atom. The quantitative estimate of drug-likeness (QED) is 0.696. The van der Waals surface area contributed by atoms with Gasteiger partial charge in [0.15, 0.2) is 0 Å². The summed E-state index contributed by atoms with van der Waals surface area (Å²) in [6.45, 7) is 3.53. The van der Waals surface area contributed by atoms with Gasteiger partial charge in [0, 0.05) is 18.8 Å². The minimum absolute atomic E-state index is 0.317. The average Bonchev–Trinajstić information content (AvgIpc) is 2.19. The summed E-state index contributed by atoms with van der Waals surface area (Å²) in [5.41, 5.74) is 0.732. The fraction of sp³-hybridized carbons (Fsp3) is 0.364. The molecule has 0 aliphatic carbocycles. The van der Waals surface area contributed by atoms with Crippen LogP contribution in [-0.2, 0) is 0 Å². The molecule has 3 heteroatoms. The summed E-state index contributed by atoms with van der Waals surface area (Å²) < 4.78 is 0. The molecule has 0 spiro atoms. The van der Waals surface area contributed by atoms with Crippen LogP contribution in [-0.4, -0.2) is 21.3 Å². The topological polar surface area (TPSA) is 53.4 Å². The first-order chi connectivity index (χ1) is 6.74. The normalized spacial score (nSPS) is 14.7. The van der Waals surface area contributed by atoms with Crippen LogP contribution in [0.15, 0.2) is 37.2 Å². The third-order valence-electron chi connectivity index (χ3n) is 2.00. The molecular formula is C11H15NO2. The van der Waals surface area contributed by atoms with Gasteiger partial charge < -0.3 is 10.2 Å². The number of rotatable bonds is 5. The minimum atomic E-state index is -0.654. The van der Waals surface area contributed by atoms with Gasteiger partial charge in [-0.25, -0.2) is 0 Å². The molecule has 76 valence electrons. The van der Waals surface area contributed by atoms with Gasteiger partial charge in [-0.1, -0.05) is 12.1 Å². The van der Waals surface area contributed by atoms with Crippen molar-refractivity contribution in [1.29, 1.82) is 0 Å². The lowest BCUT2D eigenvalue weighted by Crippen LogP contribution is -2.11. The summed E-state index contributed by atoms with van der Waals surface area (Å²) in [6.07, 6.45) is 4.51. The van der Waals surface area contributed by atoms with E-state index in [0.717, 1.165) is 5.56 Å². The second-order valence-electron chi connectivity index (χ2n) is 3.22. The fourth-order valence-corrected chi connectivity index (χ4v) is 1.26. The van der Waals surface area contributed by atoms with Crippen molar-refractivity contribution in [3.63, 3.8) is 0 Å². The fourth-order valence-electron chi connectivity index (χ4n) is 1.26. The van der Waals surface area contributed by atoms with Gasteiger partial charge in [0.25, 0.3) is 0 Å². The minimum Gasteiger partial charge on any atom is -0.393 e. The van der Waals surface area contributed by atoms with E-state index in [0.29, 0.717) is 12.8 Å². The molecule has 2 atom stereocenters. The molecule has 0 saturated heterocycles. The summed E-state index contributed by atoms with van der Waals surface area (Å²) in [7, 11) is 0. The second-order valence-corrected chi connectivity index (χ2v) is 3.22. The Kier molecular flexibility index (Phi) is 4.29. The van der Waals surface area contributed by atoms with E-state index in [2.05, 4.69) is 11.6 Å². The molecule has 0 amide bonds. The predicted molar refractivity (Wildman–Crippen MR) is 54.6 cm³/mol. The molecule has 1 heterocycles. The zero-order chi connectivity index (χ0) is 10.4. The average molecular weight is 193 g/mol. The summed E-state index contributed by atoms with van der Waals surface area (Å²) >= 11 is 0. The van der Waals surface area contributed by atoms with Crippen LogP contribution in [0.25, 0.3) is 0 Å². The molecule has 0 aliphatic rings. The van der Waals surface area contributed by atoms with E-state index in [1.54, 1.807) is 30.6 Å². The van der Waals surface area contributed by atoms with Gasteiger partial charge in [-0.2, -0.15) is 0 Å². The zero-order valence-electron chi connectivity index (χ0n) is 8.00. The number of aliphatic hydroxyl groups excluding tert-OH is 2. The Hall–Kier alpha value is -1.19. The Morgan fingerprint density at radius 2 is 2.29 bits per heavy atom. The molecule has 2 N–H and O–H groups in total. The predicted octanol–water partition coefficient (Wildman–Crippen LogP) is 1.44. The lowest BCUT2D eigenvalue weighted by molar-refractivity contribution is 0.0820. The maximum atomic E-state index is 9.68. The zero-order valence-corrected chi connectivity index (χ0v) is 8.00. The van der Waals surface area contributed by atoms with Crippen molar-refractivity contribution < 1.29 is 10.2 Å². The number of nitrogens with zero attached hydrogens (tertiary/aromatic N) is 1. The molecule has 14 heavy (non-hydrogen) atoms. The highest BCUT2D eigenvalue weighted by Gasteiger charge is 2.12. The number of aliphatic hydroxyl groups is 2. The summed E-state index contributed by atoms with van der Waals surface area (Å²) in [5, 5.41) is 19.1. The molecule has 0 aromatic carbocycles. The van der Waals surface area contributed by atoms with E-state index in [9.17, 15) is 10.2 Å². The van der Waals surface area contributed by atoms with E-state index < -0.39 is 12.2 Å². The molecular weight excluding hydrogens is 178 g/mol. The molecule has 1 rings (SSSR count). The molecule has 2 unspecified atom stereocenters. The lowest BCUT2D eigenvalue weighted by atomic mass is 10.0. The number of hydrogen-bond acceptors (Lipinski definition) is 3. The number of aromatic nitrogens is 1. The highest BCUT2D eigenvalue weighted by atomic mass is 16.3. The summed E-state index contributed by atoms with van der Waals surface area (Å²) in [4.78, 5) is 3.90. The van der Waals surface area contributed by atoms with Gasteiger partial charge in [0.05, 0.1) is 12.2 Å². The van der Waals surface area contributed by atoms with Crippen molar-refractivity contribution in [2.24, 2.45) is 0 Å². The molecule has 0 radical (unpaired) electrons. The molecule has 1 aromatic heterocycles. The Labute approximate surface area is 83.7 Å². The second kappa shape index (κ2) is 5.52. The van der Waals surface area contributed by atoms with Crippen LogP contribution in [0.4, 0.5) is 0 Å². The Balaban J connectivity index is 2.50. The largest absolute Gasteiger partial charge is 0.393 e. The van der Waals surface area contributed by atoms with Crippen molar-refractivity contribution in [3.8, 4) is 0 Å². The first-order valence-electron chi connectivity index (χ1n) is 4.61. The first-order valence-corrected chi connectivity index (χ1v) is 4.61. The van der Waals surface area contributed by atoms with Gasteiger partial charge in [0.1, 0.15) is 0 Å². The van der Waals surface area contributed by atoms with Gasteiger partial charge in [-0.05, 0) is 18.1 Å². The highest BCUT2D eigenvalue weighted by molar-refractivity contribution is 5.11. The number of pyridine rings is 1. The van der Waals surface area contributed by atoms with Crippen molar-refractivity contribution in [2.75, 3.05) is 0 Å². The van der Waals surface area contributed by atoms with Crippen LogP contribution in [0.3, 0.4) is 0 Å². The van der Waals surface area contributed by atoms with E-state index in [1.807, 2.05) is 0 Å². The third kappa shape index (κ3) is 3.28.